The molecule has 4 rings (SSSR count). The summed E-state index contributed by atoms with van der Waals surface area (Å²) in [7, 11) is -1.83. The summed E-state index contributed by atoms with van der Waals surface area (Å²) >= 11 is 6.60. The van der Waals surface area contributed by atoms with E-state index in [1.165, 1.54) is 21.5 Å². The summed E-state index contributed by atoms with van der Waals surface area (Å²) in [6, 6.07) is 2.82. The highest BCUT2D eigenvalue weighted by atomic mass is 35.5. The Morgan fingerprint density at radius 1 is 1.17 bits per heavy atom. The van der Waals surface area contributed by atoms with Crippen molar-refractivity contribution in [2.45, 2.75) is 57.4 Å². The number of ether oxygens (including phenoxy) is 1. The first-order valence-corrected chi connectivity index (χ1v) is 13.6. The number of nitrogens with zero attached hydrogens (tertiary/aromatic N) is 4. The lowest BCUT2D eigenvalue weighted by Gasteiger charge is -2.13. The molecule has 35 heavy (non-hydrogen) atoms. The highest BCUT2D eigenvalue weighted by Gasteiger charge is 2.37. The lowest BCUT2D eigenvalue weighted by atomic mass is 9.98. The zero-order valence-electron chi connectivity index (χ0n) is 20.3. The van der Waals surface area contributed by atoms with E-state index in [4.69, 9.17) is 16.3 Å². The largest absolute Gasteiger partial charge is 0.403 e. The molecular formula is C24H27ClN4O5S. The van der Waals surface area contributed by atoms with E-state index in [1.54, 1.807) is 27.1 Å². The topological polar surface area (TPSA) is 113 Å². The van der Waals surface area contributed by atoms with Crippen LogP contribution in [0.15, 0.2) is 23.2 Å². The first-order chi connectivity index (χ1) is 16.5. The van der Waals surface area contributed by atoms with Crippen molar-refractivity contribution in [3.8, 4) is 5.88 Å². The Morgan fingerprint density at radius 2 is 1.86 bits per heavy atom. The summed E-state index contributed by atoms with van der Waals surface area (Å²) < 4.78 is 33.2. The second kappa shape index (κ2) is 9.23. The van der Waals surface area contributed by atoms with Gasteiger partial charge >= 0.3 is 5.97 Å². The fourth-order valence-corrected chi connectivity index (χ4v) is 5.62. The third kappa shape index (κ3) is 4.64. The number of sulfone groups is 1. The van der Waals surface area contributed by atoms with Crippen LogP contribution in [0.25, 0.3) is 0 Å². The number of carbonyl (C=O) groups excluding carboxylic acids is 2. The number of carbonyl (C=O) groups is 2. The van der Waals surface area contributed by atoms with Gasteiger partial charge in [0.15, 0.2) is 9.84 Å². The molecule has 3 aromatic rings. The first-order valence-electron chi connectivity index (χ1n) is 11.4. The van der Waals surface area contributed by atoms with E-state index in [-0.39, 0.29) is 38.4 Å². The molecule has 0 unspecified atom stereocenters. The van der Waals surface area contributed by atoms with Gasteiger partial charge in [-0.1, -0.05) is 18.5 Å². The molecule has 0 N–H and O–H groups in total. The van der Waals surface area contributed by atoms with Crippen LogP contribution in [-0.4, -0.2) is 46.0 Å². The summed E-state index contributed by atoms with van der Waals surface area (Å²) in [5, 5.41) is 8.86. The smallest absolute Gasteiger partial charge is 0.348 e. The van der Waals surface area contributed by atoms with Crippen molar-refractivity contribution in [3.63, 3.8) is 0 Å². The van der Waals surface area contributed by atoms with Crippen molar-refractivity contribution >= 4 is 33.2 Å². The number of hydrogen-bond donors (Lipinski definition) is 0. The van der Waals surface area contributed by atoms with E-state index in [1.807, 2.05) is 6.92 Å². The Labute approximate surface area is 208 Å². The number of benzene rings is 1. The predicted octanol–water partition coefficient (Wildman–Crippen LogP) is 3.89. The van der Waals surface area contributed by atoms with Gasteiger partial charge in [0.25, 0.3) is 0 Å². The summed E-state index contributed by atoms with van der Waals surface area (Å²) in [6.45, 7) is 5.69. The van der Waals surface area contributed by atoms with Gasteiger partial charge in [0.2, 0.25) is 11.7 Å². The van der Waals surface area contributed by atoms with Crippen LogP contribution < -0.4 is 4.74 Å². The van der Waals surface area contributed by atoms with Crippen LogP contribution >= 0.6 is 11.6 Å². The van der Waals surface area contributed by atoms with Gasteiger partial charge in [0.1, 0.15) is 11.1 Å². The Morgan fingerprint density at radius 3 is 2.37 bits per heavy atom. The summed E-state index contributed by atoms with van der Waals surface area (Å²) in [4.78, 5) is 27.0. The van der Waals surface area contributed by atoms with E-state index in [0.29, 0.717) is 29.9 Å². The second-order valence-electron chi connectivity index (χ2n) is 8.71. The number of hydrogen-bond acceptors (Lipinski definition) is 7. The molecule has 0 bridgehead atoms. The molecule has 2 heterocycles. The van der Waals surface area contributed by atoms with Gasteiger partial charge in [-0.05, 0) is 50.8 Å². The van der Waals surface area contributed by atoms with Crippen molar-refractivity contribution in [1.82, 2.24) is 19.6 Å². The lowest BCUT2D eigenvalue weighted by Crippen LogP contribution is -2.16. The molecule has 0 saturated heterocycles. The summed E-state index contributed by atoms with van der Waals surface area (Å²) in [6.07, 6.45) is 4.73. The van der Waals surface area contributed by atoms with Crippen LogP contribution in [0.4, 0.5) is 0 Å². The zero-order valence-corrected chi connectivity index (χ0v) is 21.8. The maximum Gasteiger partial charge on any atom is 0.348 e. The summed E-state index contributed by atoms with van der Waals surface area (Å²) in [5.74, 6) is -0.973. The molecule has 11 heteroatoms. The molecule has 0 spiro atoms. The lowest BCUT2D eigenvalue weighted by molar-refractivity contribution is 0.0715. The van der Waals surface area contributed by atoms with E-state index in [0.717, 1.165) is 19.1 Å². The van der Waals surface area contributed by atoms with Crippen molar-refractivity contribution in [2.75, 3.05) is 6.26 Å². The monoisotopic (exact) mass is 518 g/mol. The maximum absolute atomic E-state index is 13.9. The van der Waals surface area contributed by atoms with Crippen molar-refractivity contribution < 1.29 is 22.7 Å². The van der Waals surface area contributed by atoms with Gasteiger partial charge in [0, 0.05) is 37.5 Å². The van der Waals surface area contributed by atoms with Crippen LogP contribution in [0.2, 0.25) is 5.02 Å². The molecule has 186 valence electrons. The average Bonchev–Trinajstić information content (AvgIpc) is 3.49. The predicted molar refractivity (Wildman–Crippen MR) is 130 cm³/mol. The van der Waals surface area contributed by atoms with Crippen LogP contribution in [-0.2, 0) is 29.9 Å². The standard InChI is InChI=1S/C24H27ClN4O5S/c1-6-15-18(35(5,32)33)11-10-16(20(15)25)22(30)19-21(14-8-9-14)27-29(7-2)23(19)34-24(31)17-12-28(4)26-13(17)3/h10-12,14H,6-9H2,1-5H3. The normalized spacial score (nSPS) is 13.8. The SMILES string of the molecule is CCc1c(S(C)(=O)=O)ccc(C(=O)c2c(C3CC3)nn(CC)c2OC(=O)c2cn(C)nc2C)c1Cl. The van der Waals surface area contributed by atoms with Gasteiger partial charge < -0.3 is 4.74 Å². The maximum atomic E-state index is 13.9. The number of ketones is 1. The van der Waals surface area contributed by atoms with Gasteiger partial charge in [0.05, 0.1) is 21.3 Å². The van der Waals surface area contributed by atoms with Gasteiger partial charge in [-0.15, -0.1) is 0 Å². The molecular weight excluding hydrogens is 492 g/mol. The van der Waals surface area contributed by atoms with E-state index < -0.39 is 21.6 Å². The average molecular weight is 519 g/mol. The molecule has 1 aromatic carbocycles. The first kappa shape index (κ1) is 25.1. The highest BCUT2D eigenvalue weighted by molar-refractivity contribution is 7.90. The zero-order chi connectivity index (χ0) is 25.7. The molecule has 0 radical (unpaired) electrons. The van der Waals surface area contributed by atoms with E-state index in [9.17, 15) is 18.0 Å². The number of aryl methyl sites for hydroxylation is 3. The van der Waals surface area contributed by atoms with Gasteiger partial charge in [-0.3, -0.25) is 9.48 Å². The second-order valence-corrected chi connectivity index (χ2v) is 11.1. The third-order valence-corrected chi connectivity index (χ3v) is 7.66. The van der Waals surface area contributed by atoms with Crippen molar-refractivity contribution in [3.05, 3.63) is 57.0 Å². The molecule has 0 atom stereocenters. The molecule has 9 nitrogen and oxygen atoms in total. The summed E-state index contributed by atoms with van der Waals surface area (Å²) in [5.41, 5.74) is 2.04. The van der Waals surface area contributed by atoms with Gasteiger partial charge in [-0.25, -0.2) is 17.9 Å². The fraction of sp³-hybridized carbons (Fsp3) is 0.417. The van der Waals surface area contributed by atoms with Crippen LogP contribution in [0, 0.1) is 6.92 Å². The van der Waals surface area contributed by atoms with E-state index in [2.05, 4.69) is 10.2 Å². The fourth-order valence-electron chi connectivity index (χ4n) is 4.17. The molecule has 1 fully saturated rings. The number of rotatable bonds is 8. The molecule has 1 aliphatic carbocycles. The molecule has 1 aliphatic rings. The van der Waals surface area contributed by atoms with Crippen LogP contribution in [0.1, 0.15) is 75.8 Å². The minimum atomic E-state index is -3.53. The molecule has 0 amide bonds. The Balaban J connectivity index is 1.85. The number of aromatic nitrogens is 4. The third-order valence-electron chi connectivity index (χ3n) is 6.04. The van der Waals surface area contributed by atoms with Crippen LogP contribution in [0.3, 0.4) is 0 Å². The minimum absolute atomic E-state index is 0.0500. The minimum Gasteiger partial charge on any atom is -0.403 e. The van der Waals surface area contributed by atoms with Crippen LogP contribution in [0.5, 0.6) is 5.88 Å². The van der Waals surface area contributed by atoms with Crippen molar-refractivity contribution in [2.24, 2.45) is 7.05 Å². The quantitative estimate of drug-likeness (QED) is 0.328. The van der Waals surface area contributed by atoms with Crippen molar-refractivity contribution in [1.29, 1.82) is 0 Å². The van der Waals surface area contributed by atoms with E-state index >= 15 is 0 Å². The number of esters is 1. The Hall–Kier alpha value is -2.98. The van der Waals surface area contributed by atoms with Gasteiger partial charge in [-0.2, -0.15) is 10.2 Å². The Bertz CT molecular complexity index is 1450. The highest BCUT2D eigenvalue weighted by Crippen LogP contribution is 2.44. The Kier molecular flexibility index (Phi) is 6.63. The number of halogens is 1. The molecule has 2 aromatic heterocycles. The molecule has 0 aliphatic heterocycles. The molecule has 1 saturated carbocycles.